The quantitative estimate of drug-likeness (QED) is 0.398. The largest absolute Gasteiger partial charge is 0.494 e. The van der Waals surface area contributed by atoms with Crippen molar-refractivity contribution in [1.29, 1.82) is 0 Å². The lowest BCUT2D eigenvalue weighted by atomic mass is 10.0. The average molecular weight is 516 g/mol. The highest BCUT2D eigenvalue weighted by Crippen LogP contribution is 2.32. The van der Waals surface area contributed by atoms with Gasteiger partial charge in [-0.2, -0.15) is 4.37 Å². The van der Waals surface area contributed by atoms with Crippen LogP contribution >= 0.6 is 22.9 Å². The van der Waals surface area contributed by atoms with Crippen molar-refractivity contribution in [1.82, 2.24) is 14.6 Å². The molecule has 35 heavy (non-hydrogen) atoms. The Hall–Kier alpha value is -3.44. The van der Waals surface area contributed by atoms with E-state index in [0.717, 1.165) is 16.4 Å². The molecule has 11 heteroatoms. The van der Waals surface area contributed by atoms with Crippen molar-refractivity contribution in [2.45, 2.75) is 45.8 Å². The van der Waals surface area contributed by atoms with Gasteiger partial charge in [-0.1, -0.05) is 18.2 Å². The predicted octanol–water partition coefficient (Wildman–Crippen LogP) is 3.58. The van der Waals surface area contributed by atoms with E-state index in [9.17, 15) is 14.4 Å². The zero-order valence-electron chi connectivity index (χ0n) is 20.0. The van der Waals surface area contributed by atoms with E-state index in [1.54, 1.807) is 24.3 Å². The summed E-state index contributed by atoms with van der Waals surface area (Å²) in [5.74, 6) is -1.05. The minimum absolute atomic E-state index is 0.0508. The number of hydrogen-bond donors (Lipinski definition) is 3. The van der Waals surface area contributed by atoms with Crippen LogP contribution in [0, 0.1) is 0 Å². The molecule has 0 saturated heterocycles. The zero-order valence-corrected chi connectivity index (χ0v) is 21.7. The molecule has 0 radical (unpaired) electrons. The van der Waals surface area contributed by atoms with Crippen molar-refractivity contribution in [2.24, 2.45) is 5.73 Å². The van der Waals surface area contributed by atoms with E-state index in [4.69, 9.17) is 16.2 Å². The summed E-state index contributed by atoms with van der Waals surface area (Å²) >= 11 is 2.25. The number of nitrogen functional groups attached to an aromatic ring is 1. The molecule has 0 spiro atoms. The molecule has 9 nitrogen and oxygen atoms in total. The first-order valence-corrected chi connectivity index (χ1v) is 12.6. The van der Waals surface area contributed by atoms with Gasteiger partial charge in [0.2, 0.25) is 5.91 Å². The van der Waals surface area contributed by atoms with E-state index in [-0.39, 0.29) is 28.7 Å². The van der Waals surface area contributed by atoms with Gasteiger partial charge in [-0.3, -0.25) is 14.4 Å². The fraction of sp³-hybridized carbons (Fsp3) is 0.333. The maximum absolute atomic E-state index is 13.8. The number of rotatable bonds is 9. The molecule has 1 atom stereocenters. The second kappa shape index (κ2) is 10.9. The number of carbonyl (C=O) groups excluding carboxylic acids is 3. The number of primary amides is 1. The molecule has 1 unspecified atom stereocenters. The van der Waals surface area contributed by atoms with Gasteiger partial charge in [-0.15, -0.1) is 11.3 Å². The smallest absolute Gasteiger partial charge is 0.270 e. The van der Waals surface area contributed by atoms with E-state index >= 15 is 0 Å². The lowest BCUT2D eigenvalue weighted by Gasteiger charge is -2.33. The average Bonchev–Trinajstić information content (AvgIpc) is 3.42. The summed E-state index contributed by atoms with van der Waals surface area (Å²) < 4.78 is 9.50. The highest BCUT2D eigenvalue weighted by Gasteiger charge is 2.36. The molecular weight excluding hydrogens is 486 g/mol. The lowest BCUT2D eigenvalue weighted by molar-refractivity contribution is -0.127. The van der Waals surface area contributed by atoms with Crippen molar-refractivity contribution in [3.63, 3.8) is 0 Å². The topological polar surface area (TPSA) is 141 Å². The summed E-state index contributed by atoms with van der Waals surface area (Å²) in [6.07, 6.45) is 0. The third-order valence-electron chi connectivity index (χ3n) is 4.89. The summed E-state index contributed by atoms with van der Waals surface area (Å²) in [5.41, 5.74) is 11.2. The molecule has 0 aliphatic rings. The molecule has 2 aromatic heterocycles. The Morgan fingerprint density at radius 3 is 2.37 bits per heavy atom. The van der Waals surface area contributed by atoms with Gasteiger partial charge in [0.15, 0.2) is 5.69 Å². The number of ether oxygens (including phenoxy) is 1. The second-order valence-corrected chi connectivity index (χ2v) is 10.6. The molecule has 3 amide bonds. The van der Waals surface area contributed by atoms with E-state index < -0.39 is 23.4 Å². The fourth-order valence-corrected chi connectivity index (χ4v) is 4.90. The highest BCUT2D eigenvalue weighted by molar-refractivity contribution is 7.10. The third kappa shape index (κ3) is 6.37. The summed E-state index contributed by atoms with van der Waals surface area (Å²) in [6, 6.07) is 9.81. The molecule has 0 bridgehead atoms. The van der Waals surface area contributed by atoms with Crippen LogP contribution < -0.4 is 21.5 Å². The number of aromatic nitrogens is 1. The van der Waals surface area contributed by atoms with Gasteiger partial charge in [0, 0.05) is 10.4 Å². The van der Waals surface area contributed by atoms with Crippen molar-refractivity contribution in [3.05, 3.63) is 62.8 Å². The highest BCUT2D eigenvalue weighted by atomic mass is 32.1. The van der Waals surface area contributed by atoms with Gasteiger partial charge in [0.1, 0.15) is 16.7 Å². The van der Waals surface area contributed by atoms with Crippen molar-refractivity contribution < 1.29 is 19.1 Å². The molecule has 3 aromatic rings. The molecule has 0 aliphatic carbocycles. The Morgan fingerprint density at radius 1 is 1.17 bits per heavy atom. The number of carbonyl (C=O) groups is 3. The summed E-state index contributed by atoms with van der Waals surface area (Å²) in [7, 11) is 0. The number of nitrogens with one attached hydrogen (secondary N) is 1. The lowest BCUT2D eigenvalue weighted by Crippen LogP contribution is -2.49. The van der Waals surface area contributed by atoms with Gasteiger partial charge in [-0.05, 0) is 68.4 Å². The van der Waals surface area contributed by atoms with Gasteiger partial charge in [0.05, 0.1) is 18.8 Å². The van der Waals surface area contributed by atoms with Crippen LogP contribution in [0.3, 0.4) is 0 Å². The number of thiophene rings is 1. The van der Waals surface area contributed by atoms with Gasteiger partial charge < -0.3 is 26.4 Å². The van der Waals surface area contributed by atoms with Crippen molar-refractivity contribution in [3.8, 4) is 5.75 Å². The monoisotopic (exact) mass is 515 g/mol. The summed E-state index contributed by atoms with van der Waals surface area (Å²) in [4.78, 5) is 41.5. The molecule has 1 aromatic carbocycles. The molecule has 5 N–H and O–H groups in total. The first kappa shape index (κ1) is 26.2. The van der Waals surface area contributed by atoms with Crippen LogP contribution in [0.2, 0.25) is 0 Å². The van der Waals surface area contributed by atoms with Gasteiger partial charge in [0.25, 0.3) is 11.8 Å². The number of anilines is 1. The first-order chi connectivity index (χ1) is 16.5. The Morgan fingerprint density at radius 2 is 1.86 bits per heavy atom. The molecule has 0 fully saturated rings. The summed E-state index contributed by atoms with van der Waals surface area (Å²) in [6.45, 7) is 8.14. The maximum Gasteiger partial charge on any atom is 0.270 e. The first-order valence-electron chi connectivity index (χ1n) is 10.9. The SMILES string of the molecule is CCOc1ccc(C(C(=O)NC(C)(C)C)N(Cc2cccs2)C(=O)c2snc(C(N)=O)c2N)cc1. The Bertz CT molecular complexity index is 1180. The van der Waals surface area contributed by atoms with E-state index in [0.29, 0.717) is 17.9 Å². The Balaban J connectivity index is 2.12. The molecule has 186 valence electrons. The van der Waals surface area contributed by atoms with Gasteiger partial charge >= 0.3 is 0 Å². The maximum atomic E-state index is 13.8. The number of hydrogen-bond acceptors (Lipinski definition) is 8. The van der Waals surface area contributed by atoms with Crippen molar-refractivity contribution >= 4 is 46.3 Å². The van der Waals surface area contributed by atoms with E-state index in [2.05, 4.69) is 9.69 Å². The van der Waals surface area contributed by atoms with Crippen LogP contribution in [0.1, 0.15) is 64.3 Å². The minimum Gasteiger partial charge on any atom is -0.494 e. The normalized spacial score (nSPS) is 12.1. The Labute approximate surface area is 212 Å². The number of amides is 3. The summed E-state index contributed by atoms with van der Waals surface area (Å²) in [5, 5.41) is 4.88. The minimum atomic E-state index is -0.988. The number of nitrogens with zero attached hydrogens (tertiary/aromatic N) is 2. The van der Waals surface area contributed by atoms with E-state index in [1.807, 2.05) is 45.2 Å². The van der Waals surface area contributed by atoms with E-state index in [1.165, 1.54) is 16.2 Å². The van der Waals surface area contributed by atoms with Crippen LogP contribution in [0.15, 0.2) is 41.8 Å². The standard InChI is InChI=1S/C24H29N5O4S2/c1-5-33-15-10-8-14(9-11-15)19(22(31)27-24(2,3)4)29(13-16-7-6-12-34-16)23(32)20-17(25)18(21(26)30)28-35-20/h6-12,19H,5,13,25H2,1-4H3,(H2,26,30)(H,27,31). The van der Waals surface area contributed by atoms with Crippen LogP contribution in [-0.2, 0) is 11.3 Å². The van der Waals surface area contributed by atoms with Crippen LogP contribution in [-0.4, -0.2) is 39.1 Å². The number of benzene rings is 1. The fourth-order valence-electron chi connectivity index (χ4n) is 3.43. The third-order valence-corrected chi connectivity index (χ3v) is 6.60. The predicted molar refractivity (Wildman–Crippen MR) is 137 cm³/mol. The number of nitrogens with two attached hydrogens (primary N) is 2. The van der Waals surface area contributed by atoms with Crippen molar-refractivity contribution in [2.75, 3.05) is 12.3 Å². The second-order valence-electron chi connectivity index (χ2n) is 8.79. The molecule has 0 aliphatic heterocycles. The molecule has 3 rings (SSSR count). The zero-order chi connectivity index (χ0) is 25.8. The molecular formula is C24H29N5O4S2. The molecule has 0 saturated carbocycles. The Kier molecular flexibility index (Phi) is 8.13. The van der Waals surface area contributed by atoms with Crippen LogP contribution in [0.4, 0.5) is 5.69 Å². The van der Waals surface area contributed by atoms with Crippen LogP contribution in [0.5, 0.6) is 5.75 Å². The van der Waals surface area contributed by atoms with Gasteiger partial charge in [-0.25, -0.2) is 0 Å². The molecule has 2 heterocycles. The van der Waals surface area contributed by atoms with Crippen LogP contribution in [0.25, 0.3) is 0 Å².